The Balaban J connectivity index is 1.46. The third-order valence-corrected chi connectivity index (χ3v) is 5.90. The molecule has 0 bridgehead atoms. The van der Waals surface area contributed by atoms with E-state index in [1.54, 1.807) is 0 Å². The van der Waals surface area contributed by atoms with Gasteiger partial charge in [-0.15, -0.1) is 0 Å². The van der Waals surface area contributed by atoms with Gasteiger partial charge in [0.05, 0.1) is 17.7 Å². The van der Waals surface area contributed by atoms with Gasteiger partial charge in [-0.25, -0.2) is 0 Å². The quantitative estimate of drug-likeness (QED) is 0.665. The summed E-state index contributed by atoms with van der Waals surface area (Å²) in [5.41, 5.74) is 4.57. The van der Waals surface area contributed by atoms with Crippen molar-refractivity contribution in [3.63, 3.8) is 0 Å². The van der Waals surface area contributed by atoms with Crippen LogP contribution in [0.25, 0.3) is 10.9 Å². The summed E-state index contributed by atoms with van der Waals surface area (Å²) in [4.78, 5) is 17.5. The minimum Gasteiger partial charge on any atom is -0.393 e. The molecule has 138 valence electrons. The van der Waals surface area contributed by atoms with Gasteiger partial charge in [0.1, 0.15) is 0 Å². The largest absolute Gasteiger partial charge is 0.393 e. The van der Waals surface area contributed by atoms with E-state index in [0.29, 0.717) is 18.5 Å². The number of fused-ring (bicyclic) bond motifs is 2. The van der Waals surface area contributed by atoms with Crippen LogP contribution in [0.5, 0.6) is 0 Å². The summed E-state index contributed by atoms with van der Waals surface area (Å²) in [5.74, 6) is 0.0628. The van der Waals surface area contributed by atoms with E-state index in [4.69, 9.17) is 0 Å². The van der Waals surface area contributed by atoms with Crippen molar-refractivity contribution in [3.05, 3.63) is 59.0 Å². The van der Waals surface area contributed by atoms with Crippen molar-refractivity contribution in [2.75, 3.05) is 0 Å². The van der Waals surface area contributed by atoms with Gasteiger partial charge in [0.15, 0.2) is 5.69 Å². The van der Waals surface area contributed by atoms with E-state index in [9.17, 15) is 9.90 Å². The molecular formula is C21H22N4O2. The number of carbonyl (C=O) groups excluding carboxylic acids is 1. The topological polar surface area (TPSA) is 90.9 Å². The van der Waals surface area contributed by atoms with Crippen molar-refractivity contribution in [2.24, 2.45) is 5.92 Å². The number of nitrogens with one attached hydrogen (secondary N) is 2. The van der Waals surface area contributed by atoms with E-state index in [0.717, 1.165) is 47.0 Å². The summed E-state index contributed by atoms with van der Waals surface area (Å²) < 4.78 is 0. The molecule has 1 aromatic carbocycles. The molecule has 27 heavy (non-hydrogen) atoms. The Bertz CT molecular complexity index is 1010. The predicted octanol–water partition coefficient (Wildman–Crippen LogP) is 2.69. The van der Waals surface area contributed by atoms with Crippen LogP contribution in [0.2, 0.25) is 0 Å². The fourth-order valence-electron chi connectivity index (χ4n) is 4.35. The number of aromatic nitrogens is 3. The second-order valence-electron chi connectivity index (χ2n) is 7.68. The van der Waals surface area contributed by atoms with Gasteiger partial charge in [0.25, 0.3) is 5.91 Å². The zero-order valence-corrected chi connectivity index (χ0v) is 15.0. The minimum absolute atomic E-state index is 0.144. The molecule has 2 aliphatic rings. The van der Waals surface area contributed by atoms with Crippen molar-refractivity contribution in [1.29, 1.82) is 0 Å². The zero-order valence-electron chi connectivity index (χ0n) is 15.0. The maximum Gasteiger partial charge on any atom is 0.272 e. The number of pyridine rings is 1. The summed E-state index contributed by atoms with van der Waals surface area (Å²) >= 11 is 0. The average Bonchev–Trinajstić information content (AvgIpc) is 3.27. The van der Waals surface area contributed by atoms with Gasteiger partial charge in [-0.1, -0.05) is 18.2 Å². The van der Waals surface area contributed by atoms with Gasteiger partial charge < -0.3 is 10.4 Å². The maximum absolute atomic E-state index is 13.0. The van der Waals surface area contributed by atoms with Gasteiger partial charge >= 0.3 is 0 Å². The summed E-state index contributed by atoms with van der Waals surface area (Å²) in [6, 6.07) is 9.88. The van der Waals surface area contributed by atoms with Gasteiger partial charge in [0, 0.05) is 22.8 Å². The Morgan fingerprint density at radius 2 is 2.11 bits per heavy atom. The number of para-hydroxylation sites is 1. The van der Waals surface area contributed by atoms with E-state index in [-0.39, 0.29) is 24.0 Å². The first kappa shape index (κ1) is 16.4. The number of rotatable bonds is 4. The molecule has 6 heteroatoms. The van der Waals surface area contributed by atoms with Gasteiger partial charge in [-0.2, -0.15) is 5.10 Å². The van der Waals surface area contributed by atoms with Crippen LogP contribution in [0.15, 0.2) is 36.5 Å². The second kappa shape index (κ2) is 6.46. The minimum atomic E-state index is -0.280. The molecule has 5 rings (SSSR count). The Morgan fingerprint density at radius 3 is 2.96 bits per heavy atom. The van der Waals surface area contributed by atoms with Crippen molar-refractivity contribution in [3.8, 4) is 0 Å². The first-order chi connectivity index (χ1) is 13.2. The van der Waals surface area contributed by atoms with Gasteiger partial charge in [-0.05, 0) is 55.7 Å². The molecular weight excluding hydrogens is 340 g/mol. The van der Waals surface area contributed by atoms with Crippen LogP contribution in [0.1, 0.15) is 52.6 Å². The van der Waals surface area contributed by atoms with Crippen LogP contribution in [0, 0.1) is 5.92 Å². The maximum atomic E-state index is 13.0. The normalized spacial score (nSPS) is 22.3. The number of hydrogen-bond acceptors (Lipinski definition) is 4. The lowest BCUT2D eigenvalue weighted by molar-refractivity contribution is 0.0234. The molecule has 2 heterocycles. The molecule has 6 nitrogen and oxygen atoms in total. The van der Waals surface area contributed by atoms with E-state index < -0.39 is 0 Å². The lowest BCUT2D eigenvalue weighted by atomic mass is 9.75. The van der Waals surface area contributed by atoms with E-state index in [1.165, 1.54) is 0 Å². The highest BCUT2D eigenvalue weighted by Gasteiger charge is 2.37. The van der Waals surface area contributed by atoms with E-state index in [2.05, 4.69) is 26.6 Å². The molecule has 0 spiro atoms. The predicted molar refractivity (Wildman–Crippen MR) is 101 cm³/mol. The summed E-state index contributed by atoms with van der Waals surface area (Å²) in [5, 5.41) is 21.3. The Kier molecular flexibility index (Phi) is 3.93. The fraction of sp³-hybridized carbons (Fsp3) is 0.381. The molecule has 2 aliphatic carbocycles. The molecule has 3 aromatic rings. The standard InChI is InChI=1S/C21H22N4O2/c26-15-9-13(10-15)19(14-8-12-4-1-2-6-17(12)22-11-14)23-21(27)20-16-5-3-7-18(16)24-25-20/h1-2,4,6,8,11,13,15,19,26H,3,5,7,9-10H2,(H,23,27)(H,24,25)/t13?,15?,19-/m0/s1. The number of nitrogens with zero attached hydrogens (tertiary/aromatic N) is 2. The second-order valence-corrected chi connectivity index (χ2v) is 7.68. The lowest BCUT2D eigenvalue weighted by Crippen LogP contribution is -2.41. The molecule has 0 unspecified atom stereocenters. The molecule has 3 N–H and O–H groups in total. The Labute approximate surface area is 157 Å². The van der Waals surface area contributed by atoms with Crippen molar-refractivity contribution >= 4 is 16.8 Å². The Morgan fingerprint density at radius 1 is 1.26 bits per heavy atom. The van der Waals surface area contributed by atoms with Gasteiger partial charge in [-0.3, -0.25) is 14.9 Å². The highest BCUT2D eigenvalue weighted by molar-refractivity contribution is 5.94. The Hall–Kier alpha value is -2.73. The summed E-state index contributed by atoms with van der Waals surface area (Å²) in [6.45, 7) is 0. The van der Waals surface area contributed by atoms with Crippen LogP contribution >= 0.6 is 0 Å². The number of aryl methyl sites for hydroxylation is 1. The molecule has 1 amide bonds. The smallest absolute Gasteiger partial charge is 0.272 e. The average molecular weight is 362 g/mol. The monoisotopic (exact) mass is 362 g/mol. The van der Waals surface area contributed by atoms with Crippen LogP contribution in [-0.2, 0) is 12.8 Å². The van der Waals surface area contributed by atoms with Crippen LogP contribution in [0.4, 0.5) is 0 Å². The number of hydrogen-bond donors (Lipinski definition) is 3. The third-order valence-electron chi connectivity index (χ3n) is 5.90. The number of H-pyrrole nitrogens is 1. The first-order valence-corrected chi connectivity index (χ1v) is 9.59. The van der Waals surface area contributed by atoms with E-state index >= 15 is 0 Å². The lowest BCUT2D eigenvalue weighted by Gasteiger charge is -2.38. The highest BCUT2D eigenvalue weighted by atomic mass is 16.3. The fourth-order valence-corrected chi connectivity index (χ4v) is 4.35. The van der Waals surface area contributed by atoms with Crippen LogP contribution in [-0.4, -0.2) is 32.3 Å². The van der Waals surface area contributed by atoms with Crippen molar-refractivity contribution < 1.29 is 9.90 Å². The number of aliphatic hydroxyl groups excluding tert-OH is 1. The van der Waals surface area contributed by atoms with Gasteiger partial charge in [0.2, 0.25) is 0 Å². The first-order valence-electron chi connectivity index (χ1n) is 9.59. The number of aliphatic hydroxyl groups is 1. The third kappa shape index (κ3) is 2.90. The molecule has 0 saturated heterocycles. The molecule has 1 atom stereocenters. The van der Waals surface area contributed by atoms with E-state index in [1.807, 2.05) is 30.5 Å². The van der Waals surface area contributed by atoms with Crippen molar-refractivity contribution in [1.82, 2.24) is 20.5 Å². The highest BCUT2D eigenvalue weighted by Crippen LogP contribution is 2.38. The number of benzene rings is 1. The number of aromatic amines is 1. The molecule has 0 radical (unpaired) electrons. The summed E-state index contributed by atoms with van der Waals surface area (Å²) in [7, 11) is 0. The zero-order chi connectivity index (χ0) is 18.4. The SMILES string of the molecule is O=C(N[C@H](c1cnc2ccccc2c1)C1CC(O)C1)c1n[nH]c2c1CCC2. The molecule has 1 fully saturated rings. The molecule has 1 saturated carbocycles. The van der Waals surface area contributed by atoms with Crippen molar-refractivity contribution in [2.45, 2.75) is 44.2 Å². The van der Waals surface area contributed by atoms with Crippen LogP contribution < -0.4 is 5.32 Å². The number of amides is 1. The molecule has 0 aliphatic heterocycles. The number of carbonyl (C=O) groups is 1. The summed E-state index contributed by atoms with van der Waals surface area (Å²) in [6.07, 6.45) is 5.87. The molecule has 2 aromatic heterocycles. The van der Waals surface area contributed by atoms with Crippen LogP contribution in [0.3, 0.4) is 0 Å².